The van der Waals surface area contributed by atoms with E-state index >= 15 is 0 Å². The molecule has 0 radical (unpaired) electrons. The van der Waals surface area contributed by atoms with Crippen LogP contribution < -0.4 is 11.1 Å². The monoisotopic (exact) mass is 234 g/mol. The van der Waals surface area contributed by atoms with E-state index in [2.05, 4.69) is 20.7 Å². The van der Waals surface area contributed by atoms with E-state index in [-0.39, 0.29) is 0 Å². The molecule has 0 aliphatic carbocycles. The van der Waals surface area contributed by atoms with Crippen LogP contribution in [0.2, 0.25) is 0 Å². The summed E-state index contributed by atoms with van der Waals surface area (Å²) in [6.45, 7) is 3.19. The third-order valence-electron chi connectivity index (χ3n) is 2.30. The molecular formula is C11H14N4S. The summed E-state index contributed by atoms with van der Waals surface area (Å²) >= 11 is 1.38. The van der Waals surface area contributed by atoms with E-state index in [9.17, 15) is 0 Å². The highest BCUT2D eigenvalue weighted by Crippen LogP contribution is 2.14. The zero-order valence-electron chi connectivity index (χ0n) is 9.10. The molecule has 1 heterocycles. The average molecular weight is 234 g/mol. The van der Waals surface area contributed by atoms with Crippen LogP contribution in [0.25, 0.3) is 0 Å². The maximum absolute atomic E-state index is 5.67. The summed E-state index contributed by atoms with van der Waals surface area (Å²) in [5, 5.41) is 4.10. The summed E-state index contributed by atoms with van der Waals surface area (Å²) in [7, 11) is 0. The van der Waals surface area contributed by atoms with E-state index < -0.39 is 0 Å². The largest absolute Gasteiger partial charge is 0.356 e. The van der Waals surface area contributed by atoms with Crippen molar-refractivity contribution in [3.8, 4) is 0 Å². The number of rotatable bonds is 4. The van der Waals surface area contributed by atoms with Gasteiger partial charge >= 0.3 is 0 Å². The molecule has 0 amide bonds. The Hall–Kier alpha value is -1.46. The Balaban J connectivity index is 2.04. The highest BCUT2D eigenvalue weighted by Gasteiger charge is 2.02. The Kier molecular flexibility index (Phi) is 3.48. The van der Waals surface area contributed by atoms with Gasteiger partial charge in [0.25, 0.3) is 0 Å². The molecule has 2 aromatic rings. The maximum Gasteiger partial charge on any atom is 0.202 e. The number of benzene rings is 1. The first-order valence-corrected chi connectivity index (χ1v) is 5.88. The summed E-state index contributed by atoms with van der Waals surface area (Å²) < 4.78 is 4.11. The molecule has 84 valence electrons. The van der Waals surface area contributed by atoms with Crippen molar-refractivity contribution in [2.24, 2.45) is 5.73 Å². The summed E-state index contributed by atoms with van der Waals surface area (Å²) in [6.07, 6.45) is 0. The SMILES string of the molecule is Cc1nsc(NCc2ccccc2CN)n1. The van der Waals surface area contributed by atoms with Gasteiger partial charge in [0.2, 0.25) is 5.13 Å². The van der Waals surface area contributed by atoms with Crippen LogP contribution in [0.1, 0.15) is 17.0 Å². The normalized spacial score (nSPS) is 10.4. The van der Waals surface area contributed by atoms with E-state index in [0.29, 0.717) is 6.54 Å². The van der Waals surface area contributed by atoms with Gasteiger partial charge in [0.05, 0.1) is 0 Å². The second-order valence-electron chi connectivity index (χ2n) is 3.47. The van der Waals surface area contributed by atoms with Crippen molar-refractivity contribution >= 4 is 16.7 Å². The summed E-state index contributed by atoms with van der Waals surface area (Å²) in [5.74, 6) is 0.805. The van der Waals surface area contributed by atoms with Crippen molar-refractivity contribution in [2.45, 2.75) is 20.0 Å². The lowest BCUT2D eigenvalue weighted by atomic mass is 10.1. The van der Waals surface area contributed by atoms with E-state index in [0.717, 1.165) is 23.1 Å². The number of nitrogens with one attached hydrogen (secondary N) is 1. The number of anilines is 1. The molecule has 16 heavy (non-hydrogen) atoms. The molecule has 0 aliphatic heterocycles. The topological polar surface area (TPSA) is 63.8 Å². The van der Waals surface area contributed by atoms with E-state index in [1.54, 1.807) is 0 Å². The first-order chi connectivity index (χ1) is 7.79. The number of nitrogens with two attached hydrogens (primary N) is 1. The zero-order valence-corrected chi connectivity index (χ0v) is 9.92. The van der Waals surface area contributed by atoms with Gasteiger partial charge in [0, 0.05) is 24.6 Å². The predicted molar refractivity (Wildman–Crippen MR) is 66.3 cm³/mol. The molecule has 0 aliphatic rings. The van der Waals surface area contributed by atoms with Gasteiger partial charge in [-0.25, -0.2) is 4.98 Å². The van der Waals surface area contributed by atoms with Gasteiger partial charge in [-0.2, -0.15) is 4.37 Å². The smallest absolute Gasteiger partial charge is 0.202 e. The van der Waals surface area contributed by atoms with Gasteiger partial charge in [-0.05, 0) is 18.1 Å². The van der Waals surface area contributed by atoms with E-state index in [1.807, 2.05) is 25.1 Å². The molecule has 1 aromatic carbocycles. The second-order valence-corrected chi connectivity index (χ2v) is 4.22. The van der Waals surface area contributed by atoms with Gasteiger partial charge in [-0.15, -0.1) is 0 Å². The molecule has 2 rings (SSSR count). The van der Waals surface area contributed by atoms with Gasteiger partial charge in [-0.3, -0.25) is 0 Å². The van der Waals surface area contributed by atoms with Crippen LogP contribution in [-0.4, -0.2) is 9.36 Å². The molecular weight excluding hydrogens is 220 g/mol. The molecule has 5 heteroatoms. The molecule has 0 atom stereocenters. The fraction of sp³-hybridized carbons (Fsp3) is 0.273. The van der Waals surface area contributed by atoms with Crippen LogP contribution in [-0.2, 0) is 13.1 Å². The fourth-order valence-electron chi connectivity index (χ4n) is 1.47. The van der Waals surface area contributed by atoms with Crippen LogP contribution in [0.15, 0.2) is 24.3 Å². The van der Waals surface area contributed by atoms with Crippen molar-refractivity contribution in [3.05, 3.63) is 41.2 Å². The van der Waals surface area contributed by atoms with Crippen LogP contribution in [0.3, 0.4) is 0 Å². The van der Waals surface area contributed by atoms with Crippen molar-refractivity contribution < 1.29 is 0 Å². The average Bonchev–Trinajstić information content (AvgIpc) is 2.73. The summed E-state index contributed by atoms with van der Waals surface area (Å²) in [6, 6.07) is 8.13. The molecule has 0 saturated carbocycles. The quantitative estimate of drug-likeness (QED) is 0.848. The summed E-state index contributed by atoms with van der Waals surface area (Å²) in [5.41, 5.74) is 8.04. The zero-order chi connectivity index (χ0) is 11.4. The molecule has 0 saturated heterocycles. The van der Waals surface area contributed by atoms with E-state index in [4.69, 9.17) is 5.73 Å². The molecule has 4 nitrogen and oxygen atoms in total. The highest BCUT2D eigenvalue weighted by molar-refractivity contribution is 7.09. The van der Waals surface area contributed by atoms with E-state index in [1.165, 1.54) is 17.1 Å². The molecule has 0 spiro atoms. The number of aromatic nitrogens is 2. The fourth-order valence-corrected chi connectivity index (χ4v) is 2.04. The van der Waals surface area contributed by atoms with Crippen molar-refractivity contribution in [1.82, 2.24) is 9.36 Å². The van der Waals surface area contributed by atoms with Crippen LogP contribution in [0, 0.1) is 6.92 Å². The van der Waals surface area contributed by atoms with Gasteiger partial charge in [0.15, 0.2) is 0 Å². The molecule has 3 N–H and O–H groups in total. The van der Waals surface area contributed by atoms with Crippen LogP contribution in [0.4, 0.5) is 5.13 Å². The summed E-state index contributed by atoms with van der Waals surface area (Å²) in [4.78, 5) is 4.25. The minimum absolute atomic E-state index is 0.563. The number of hydrogen-bond acceptors (Lipinski definition) is 5. The second kappa shape index (κ2) is 5.05. The standard InChI is InChI=1S/C11H14N4S/c1-8-14-11(16-15-8)13-7-10-5-3-2-4-9(10)6-12/h2-5H,6-7,12H2,1H3,(H,13,14,15). The number of aryl methyl sites for hydroxylation is 1. The van der Waals surface area contributed by atoms with Crippen molar-refractivity contribution in [3.63, 3.8) is 0 Å². The lowest BCUT2D eigenvalue weighted by Gasteiger charge is -2.07. The highest BCUT2D eigenvalue weighted by atomic mass is 32.1. The Morgan fingerprint density at radius 1 is 1.31 bits per heavy atom. The lowest BCUT2D eigenvalue weighted by Crippen LogP contribution is -2.06. The lowest BCUT2D eigenvalue weighted by molar-refractivity contribution is 1.00. The Labute approximate surface area is 98.7 Å². The Bertz CT molecular complexity index is 467. The third kappa shape index (κ3) is 2.56. The molecule has 0 fully saturated rings. The van der Waals surface area contributed by atoms with Crippen molar-refractivity contribution in [2.75, 3.05) is 5.32 Å². The minimum atomic E-state index is 0.563. The maximum atomic E-state index is 5.67. The predicted octanol–water partition coefficient (Wildman–Crippen LogP) is 1.92. The molecule has 0 unspecified atom stereocenters. The van der Waals surface area contributed by atoms with Crippen molar-refractivity contribution in [1.29, 1.82) is 0 Å². The first-order valence-electron chi connectivity index (χ1n) is 5.10. The Morgan fingerprint density at radius 2 is 2.06 bits per heavy atom. The minimum Gasteiger partial charge on any atom is -0.356 e. The number of hydrogen-bond donors (Lipinski definition) is 2. The van der Waals surface area contributed by atoms with Crippen LogP contribution >= 0.6 is 11.5 Å². The van der Waals surface area contributed by atoms with Crippen LogP contribution in [0.5, 0.6) is 0 Å². The van der Waals surface area contributed by atoms with Gasteiger partial charge < -0.3 is 11.1 Å². The molecule has 0 bridgehead atoms. The number of nitrogens with zero attached hydrogens (tertiary/aromatic N) is 2. The van der Waals surface area contributed by atoms with Gasteiger partial charge in [-0.1, -0.05) is 24.3 Å². The Morgan fingerprint density at radius 3 is 2.69 bits per heavy atom. The third-order valence-corrected chi connectivity index (χ3v) is 3.06. The first kappa shape index (κ1) is 11.0. The van der Waals surface area contributed by atoms with Gasteiger partial charge in [0.1, 0.15) is 5.82 Å². The molecule has 1 aromatic heterocycles.